The molecule has 1 N–H and O–H groups in total. The highest BCUT2D eigenvalue weighted by Gasteiger charge is 2.23. The van der Waals surface area contributed by atoms with Gasteiger partial charge < -0.3 is 10.1 Å². The number of nitrogens with zero attached hydrogens (tertiary/aromatic N) is 1. The Balaban J connectivity index is 1.46. The first-order valence-corrected chi connectivity index (χ1v) is 11.1. The summed E-state index contributed by atoms with van der Waals surface area (Å²) < 4.78 is 5.86. The summed E-state index contributed by atoms with van der Waals surface area (Å²) in [7, 11) is 0. The lowest BCUT2D eigenvalue weighted by Gasteiger charge is -2.09. The SMILES string of the molecule is O=C1NC(=Nc2ccc(Cl)cc2)S/C1=C\c1cccc(OCc2ccc(Cl)cc2Cl)c1. The molecule has 0 saturated carbocycles. The van der Waals surface area contributed by atoms with Crippen LogP contribution >= 0.6 is 46.6 Å². The van der Waals surface area contributed by atoms with Crippen molar-refractivity contribution < 1.29 is 9.53 Å². The molecule has 8 heteroatoms. The van der Waals surface area contributed by atoms with Gasteiger partial charge in [0, 0.05) is 20.6 Å². The summed E-state index contributed by atoms with van der Waals surface area (Å²) >= 11 is 19.3. The number of carbonyl (C=O) groups is 1. The van der Waals surface area contributed by atoms with Crippen molar-refractivity contribution in [3.63, 3.8) is 0 Å². The summed E-state index contributed by atoms with van der Waals surface area (Å²) in [5.41, 5.74) is 2.39. The van der Waals surface area contributed by atoms with E-state index in [4.69, 9.17) is 39.5 Å². The lowest BCUT2D eigenvalue weighted by molar-refractivity contribution is -0.115. The zero-order valence-corrected chi connectivity index (χ0v) is 19.0. The second-order valence-electron chi connectivity index (χ2n) is 6.56. The highest BCUT2D eigenvalue weighted by atomic mass is 35.5. The van der Waals surface area contributed by atoms with Crippen LogP contribution in [-0.2, 0) is 11.4 Å². The van der Waals surface area contributed by atoms with Gasteiger partial charge in [-0.25, -0.2) is 4.99 Å². The smallest absolute Gasteiger partial charge is 0.264 e. The van der Waals surface area contributed by atoms with Crippen LogP contribution in [0.1, 0.15) is 11.1 Å². The van der Waals surface area contributed by atoms with E-state index in [1.807, 2.05) is 30.3 Å². The average molecular weight is 490 g/mol. The average Bonchev–Trinajstić information content (AvgIpc) is 3.08. The third kappa shape index (κ3) is 5.83. The lowest BCUT2D eigenvalue weighted by atomic mass is 10.2. The normalized spacial score (nSPS) is 16.0. The van der Waals surface area contributed by atoms with Crippen LogP contribution in [0, 0.1) is 0 Å². The van der Waals surface area contributed by atoms with E-state index in [0.717, 1.165) is 11.1 Å². The molecule has 0 bridgehead atoms. The van der Waals surface area contributed by atoms with Gasteiger partial charge in [-0.05, 0) is 71.9 Å². The summed E-state index contributed by atoms with van der Waals surface area (Å²) in [6.45, 7) is 0.309. The van der Waals surface area contributed by atoms with Crippen molar-refractivity contribution in [2.24, 2.45) is 4.99 Å². The van der Waals surface area contributed by atoms with Gasteiger partial charge in [0.1, 0.15) is 12.4 Å². The number of amidine groups is 1. The number of thioether (sulfide) groups is 1. The van der Waals surface area contributed by atoms with E-state index in [0.29, 0.717) is 43.2 Å². The number of benzene rings is 3. The third-order valence-corrected chi connectivity index (χ3v) is 6.02. The highest BCUT2D eigenvalue weighted by Crippen LogP contribution is 2.29. The highest BCUT2D eigenvalue weighted by molar-refractivity contribution is 8.18. The quantitative estimate of drug-likeness (QED) is 0.388. The molecular weight excluding hydrogens is 475 g/mol. The van der Waals surface area contributed by atoms with Crippen molar-refractivity contribution in [1.29, 1.82) is 0 Å². The van der Waals surface area contributed by atoms with Gasteiger partial charge in [-0.3, -0.25) is 4.79 Å². The van der Waals surface area contributed by atoms with E-state index >= 15 is 0 Å². The minimum Gasteiger partial charge on any atom is -0.489 e. The molecule has 0 spiro atoms. The first-order chi connectivity index (χ1) is 15.0. The van der Waals surface area contributed by atoms with Gasteiger partial charge in [0.15, 0.2) is 5.17 Å². The first kappa shape index (κ1) is 21.8. The van der Waals surface area contributed by atoms with Crippen LogP contribution in [0.2, 0.25) is 15.1 Å². The summed E-state index contributed by atoms with van der Waals surface area (Å²) in [6, 6.07) is 19.8. The van der Waals surface area contributed by atoms with E-state index in [9.17, 15) is 4.79 Å². The Morgan fingerprint density at radius 2 is 1.74 bits per heavy atom. The summed E-state index contributed by atoms with van der Waals surface area (Å²) in [5, 5.41) is 5.06. The summed E-state index contributed by atoms with van der Waals surface area (Å²) in [5.74, 6) is 0.468. The van der Waals surface area contributed by atoms with E-state index in [-0.39, 0.29) is 5.91 Å². The zero-order chi connectivity index (χ0) is 21.8. The Morgan fingerprint density at radius 1 is 0.968 bits per heavy atom. The molecule has 0 unspecified atom stereocenters. The molecule has 156 valence electrons. The molecule has 3 aromatic carbocycles. The fourth-order valence-corrected chi connectivity index (χ4v) is 4.19. The third-order valence-electron chi connectivity index (χ3n) is 4.27. The van der Waals surface area contributed by atoms with Gasteiger partial charge in [-0.15, -0.1) is 0 Å². The summed E-state index contributed by atoms with van der Waals surface area (Å²) in [4.78, 5) is 17.3. The second kappa shape index (κ2) is 9.79. The molecule has 4 rings (SSSR count). The maximum atomic E-state index is 12.3. The number of ether oxygens (including phenoxy) is 1. The van der Waals surface area contributed by atoms with Crippen molar-refractivity contribution >= 4 is 69.4 Å². The fraction of sp³-hybridized carbons (Fsp3) is 0.0435. The molecule has 4 nitrogen and oxygen atoms in total. The molecule has 3 aromatic rings. The van der Waals surface area contributed by atoms with Gasteiger partial charge in [-0.2, -0.15) is 0 Å². The number of amides is 1. The minimum atomic E-state index is -0.197. The maximum absolute atomic E-state index is 12.3. The largest absolute Gasteiger partial charge is 0.489 e. The molecule has 1 saturated heterocycles. The molecule has 1 aliphatic rings. The number of hydrogen-bond donors (Lipinski definition) is 1. The number of nitrogens with one attached hydrogen (secondary N) is 1. The number of hydrogen-bond acceptors (Lipinski definition) is 4. The van der Waals surface area contributed by atoms with Gasteiger partial charge in [0.05, 0.1) is 10.6 Å². The second-order valence-corrected chi connectivity index (χ2v) is 8.87. The van der Waals surface area contributed by atoms with Gasteiger partial charge in [0.2, 0.25) is 0 Å². The Labute approximate surface area is 198 Å². The molecule has 1 fully saturated rings. The van der Waals surface area contributed by atoms with Gasteiger partial charge in [-0.1, -0.05) is 53.0 Å². The van der Waals surface area contributed by atoms with E-state index in [2.05, 4.69) is 10.3 Å². The molecule has 0 aliphatic carbocycles. The molecule has 1 aliphatic heterocycles. The van der Waals surface area contributed by atoms with Crippen LogP contribution in [-0.4, -0.2) is 11.1 Å². The number of rotatable bonds is 5. The number of halogens is 3. The monoisotopic (exact) mass is 488 g/mol. The van der Waals surface area contributed by atoms with E-state index in [1.54, 1.807) is 42.5 Å². The minimum absolute atomic E-state index is 0.197. The van der Waals surface area contributed by atoms with Crippen molar-refractivity contribution in [3.05, 3.63) is 97.8 Å². The summed E-state index contributed by atoms with van der Waals surface area (Å²) in [6.07, 6.45) is 1.80. The first-order valence-electron chi connectivity index (χ1n) is 9.18. The Hall–Kier alpha value is -2.44. The Bertz CT molecular complexity index is 1190. The van der Waals surface area contributed by atoms with Crippen LogP contribution in [0.15, 0.2) is 76.6 Å². The van der Waals surface area contributed by atoms with Crippen molar-refractivity contribution in [1.82, 2.24) is 5.32 Å². The molecule has 1 amide bonds. The van der Waals surface area contributed by atoms with Crippen LogP contribution in [0.3, 0.4) is 0 Å². The molecule has 31 heavy (non-hydrogen) atoms. The molecule has 0 radical (unpaired) electrons. The van der Waals surface area contributed by atoms with Crippen molar-refractivity contribution in [3.8, 4) is 5.75 Å². The number of carbonyl (C=O) groups excluding carboxylic acids is 1. The van der Waals surface area contributed by atoms with Crippen LogP contribution in [0.25, 0.3) is 6.08 Å². The topological polar surface area (TPSA) is 50.7 Å². The maximum Gasteiger partial charge on any atom is 0.264 e. The van der Waals surface area contributed by atoms with Crippen molar-refractivity contribution in [2.45, 2.75) is 6.61 Å². The van der Waals surface area contributed by atoms with Crippen LogP contribution < -0.4 is 10.1 Å². The molecule has 1 heterocycles. The fourth-order valence-electron chi connectivity index (χ4n) is 2.76. The predicted molar refractivity (Wildman–Crippen MR) is 129 cm³/mol. The van der Waals surface area contributed by atoms with Crippen LogP contribution in [0.5, 0.6) is 5.75 Å². The molecule has 0 aromatic heterocycles. The van der Waals surface area contributed by atoms with Crippen molar-refractivity contribution in [2.75, 3.05) is 0 Å². The standard InChI is InChI=1S/C23H15Cl3N2O2S/c24-16-6-8-18(9-7-16)27-23-28-22(29)21(31-23)11-14-2-1-3-19(10-14)30-13-15-4-5-17(25)12-20(15)26/h1-12H,13H2,(H,27,28,29)/b21-11-. The number of aliphatic imine (C=N–C) groups is 1. The Kier molecular flexibility index (Phi) is 6.88. The van der Waals surface area contributed by atoms with Gasteiger partial charge >= 0.3 is 0 Å². The van der Waals surface area contributed by atoms with Gasteiger partial charge in [0.25, 0.3) is 5.91 Å². The Morgan fingerprint density at radius 3 is 2.52 bits per heavy atom. The lowest BCUT2D eigenvalue weighted by Crippen LogP contribution is -2.19. The molecular formula is C23H15Cl3N2O2S. The van der Waals surface area contributed by atoms with E-state index in [1.165, 1.54) is 11.8 Å². The molecule has 0 atom stereocenters. The zero-order valence-electron chi connectivity index (χ0n) is 15.9. The predicted octanol–water partition coefficient (Wildman–Crippen LogP) is 7.12. The van der Waals surface area contributed by atoms with Crippen LogP contribution in [0.4, 0.5) is 5.69 Å². The van der Waals surface area contributed by atoms with E-state index < -0.39 is 0 Å².